The van der Waals surface area contributed by atoms with E-state index in [9.17, 15) is 0 Å². The lowest BCUT2D eigenvalue weighted by atomic mass is 9.85. The molecular weight excluding hydrogens is 809 g/mol. The van der Waals surface area contributed by atoms with Crippen LogP contribution in [-0.2, 0) is 0 Å². The number of furan rings is 1. The third-order valence-electron chi connectivity index (χ3n) is 14.2. The molecule has 1 aromatic heterocycles. The molecule has 14 aromatic rings. The van der Waals surface area contributed by atoms with E-state index in [1.807, 2.05) is 12.1 Å². The fourth-order valence-electron chi connectivity index (χ4n) is 11.2. The van der Waals surface area contributed by atoms with E-state index in [2.05, 4.69) is 231 Å². The molecule has 13 aromatic carbocycles. The van der Waals surface area contributed by atoms with Gasteiger partial charge in [0.15, 0.2) is 0 Å². The maximum Gasteiger partial charge on any atom is 0.135 e. The van der Waals surface area contributed by atoms with Crippen molar-refractivity contribution in [3.05, 3.63) is 243 Å². The highest BCUT2D eigenvalue weighted by molar-refractivity contribution is 6.24. The summed E-state index contributed by atoms with van der Waals surface area (Å²) in [5, 5.41) is 17.2. The zero-order valence-electron chi connectivity index (χ0n) is 36.5. The molecule has 0 bridgehead atoms. The highest BCUT2D eigenvalue weighted by Gasteiger charge is 2.20. The maximum absolute atomic E-state index is 6.25. The topological polar surface area (TPSA) is 13.1 Å². The van der Waals surface area contributed by atoms with Crippen LogP contribution >= 0.6 is 0 Å². The summed E-state index contributed by atoms with van der Waals surface area (Å²) in [6, 6.07) is 89.3. The van der Waals surface area contributed by atoms with E-state index in [0.29, 0.717) is 0 Å². The molecule has 0 aliphatic carbocycles. The average Bonchev–Trinajstić information content (AvgIpc) is 3.77. The summed E-state index contributed by atoms with van der Waals surface area (Å²) < 4.78 is 6.25. The van der Waals surface area contributed by atoms with E-state index < -0.39 is 0 Å². The van der Waals surface area contributed by atoms with Gasteiger partial charge in [-0.2, -0.15) is 0 Å². The molecule has 310 valence electrons. The van der Waals surface area contributed by atoms with Gasteiger partial charge in [-0.15, -0.1) is 0 Å². The Hall–Kier alpha value is -8.78. The molecule has 0 saturated heterocycles. The molecule has 0 spiro atoms. The summed E-state index contributed by atoms with van der Waals surface area (Å²) in [6.07, 6.45) is 0. The van der Waals surface area contributed by atoms with Gasteiger partial charge in [0.25, 0.3) is 0 Å². The van der Waals surface area contributed by atoms with E-state index >= 15 is 0 Å². The molecule has 0 unspecified atom stereocenters. The van der Waals surface area contributed by atoms with E-state index in [-0.39, 0.29) is 0 Å². The molecule has 0 radical (unpaired) electrons. The largest absolute Gasteiger partial charge is 0.456 e. The molecule has 0 aliphatic heterocycles. The summed E-state index contributed by atoms with van der Waals surface area (Å²) in [5.74, 6) is 0. The van der Waals surface area contributed by atoms with E-state index in [4.69, 9.17) is 4.42 Å². The van der Waals surface area contributed by atoms with Crippen LogP contribution in [0.1, 0.15) is 0 Å². The molecular formula is C66H40O. The molecule has 0 atom stereocenters. The lowest BCUT2D eigenvalue weighted by molar-refractivity contribution is 0.669. The smallest absolute Gasteiger partial charge is 0.135 e. The second kappa shape index (κ2) is 14.9. The van der Waals surface area contributed by atoms with Crippen LogP contribution in [0.3, 0.4) is 0 Å². The van der Waals surface area contributed by atoms with Crippen LogP contribution in [0.5, 0.6) is 0 Å². The van der Waals surface area contributed by atoms with Crippen LogP contribution in [0.2, 0.25) is 0 Å². The number of hydrogen-bond donors (Lipinski definition) is 0. The first-order chi connectivity index (χ1) is 33.2. The van der Waals surface area contributed by atoms with E-state index in [1.54, 1.807) is 0 Å². The van der Waals surface area contributed by atoms with Gasteiger partial charge in [0, 0.05) is 10.8 Å². The summed E-state index contributed by atoms with van der Waals surface area (Å²) in [7, 11) is 0. The quantitative estimate of drug-likeness (QED) is 0.157. The SMILES string of the molecule is c1ccc(-c2c3ccccc3c(-c3ccc4ccc(-c5ccc6ccc(-c7c8ccccc8c(-c8ccc9oc%10ccccc%10c9c8)c8ccccc78)cc6c5)cc4c3)c3ccccc23)cc1. The zero-order valence-corrected chi connectivity index (χ0v) is 36.5. The van der Waals surface area contributed by atoms with Crippen molar-refractivity contribution in [3.63, 3.8) is 0 Å². The first kappa shape index (κ1) is 37.6. The van der Waals surface area contributed by atoms with Gasteiger partial charge in [-0.1, -0.05) is 200 Å². The maximum atomic E-state index is 6.25. The Morgan fingerprint density at radius 1 is 0.179 bits per heavy atom. The highest BCUT2D eigenvalue weighted by Crippen LogP contribution is 2.47. The minimum Gasteiger partial charge on any atom is -0.456 e. The average molecular weight is 849 g/mol. The lowest BCUT2D eigenvalue weighted by Crippen LogP contribution is -1.91. The Labute approximate surface area is 387 Å². The first-order valence-corrected chi connectivity index (χ1v) is 23.1. The van der Waals surface area contributed by atoms with Crippen molar-refractivity contribution in [1.82, 2.24) is 0 Å². The molecule has 1 heteroatoms. The molecule has 1 heterocycles. The normalized spacial score (nSPS) is 11.9. The molecule has 0 N–H and O–H groups in total. The first-order valence-electron chi connectivity index (χ1n) is 23.1. The van der Waals surface area contributed by atoms with Crippen LogP contribution < -0.4 is 0 Å². The predicted octanol–water partition coefficient (Wildman–Crippen LogP) is 18.8. The Bertz CT molecular complexity index is 4210. The molecule has 0 amide bonds. The number of benzene rings is 13. The minimum absolute atomic E-state index is 0.909. The zero-order chi connectivity index (χ0) is 44.0. The van der Waals surface area contributed by atoms with Crippen LogP contribution in [0.25, 0.3) is 142 Å². The van der Waals surface area contributed by atoms with Gasteiger partial charge in [-0.05, 0) is 163 Å². The minimum atomic E-state index is 0.909. The van der Waals surface area contributed by atoms with Gasteiger partial charge in [0.2, 0.25) is 0 Å². The summed E-state index contributed by atoms with van der Waals surface area (Å²) in [5.41, 5.74) is 14.1. The van der Waals surface area contributed by atoms with Gasteiger partial charge in [0.1, 0.15) is 11.2 Å². The van der Waals surface area contributed by atoms with Crippen molar-refractivity contribution in [2.75, 3.05) is 0 Å². The Kier molecular flexibility index (Phi) is 8.35. The van der Waals surface area contributed by atoms with E-state index in [1.165, 1.54) is 120 Å². The van der Waals surface area contributed by atoms with Gasteiger partial charge in [-0.25, -0.2) is 0 Å². The molecule has 0 saturated carbocycles. The van der Waals surface area contributed by atoms with Crippen LogP contribution in [0, 0.1) is 0 Å². The number of rotatable bonds is 5. The Morgan fingerprint density at radius 3 is 0.940 bits per heavy atom. The van der Waals surface area contributed by atoms with Gasteiger partial charge >= 0.3 is 0 Å². The fraction of sp³-hybridized carbons (Fsp3) is 0. The summed E-state index contributed by atoms with van der Waals surface area (Å²) in [6.45, 7) is 0. The Morgan fingerprint density at radius 2 is 0.493 bits per heavy atom. The monoisotopic (exact) mass is 848 g/mol. The van der Waals surface area contributed by atoms with Gasteiger partial charge in [-0.3, -0.25) is 0 Å². The predicted molar refractivity (Wildman–Crippen MR) is 286 cm³/mol. The van der Waals surface area contributed by atoms with E-state index in [0.717, 1.165) is 21.9 Å². The second-order valence-electron chi connectivity index (χ2n) is 17.9. The number of hydrogen-bond acceptors (Lipinski definition) is 1. The summed E-state index contributed by atoms with van der Waals surface area (Å²) >= 11 is 0. The van der Waals surface area contributed by atoms with Crippen LogP contribution in [-0.4, -0.2) is 0 Å². The molecule has 14 rings (SSSR count). The standard InChI is InChI=1S/C66H40O/c1-2-14-43(15-3-1)63-52-17-4-6-19-54(52)64(55-20-7-5-18-53(55)63)46-32-28-41-26-30-44(36-49(41)38-46)45-31-27-42-29-33-47(39-50(42)37-45)65-56-21-8-10-23-58(56)66(59-24-11-9-22-57(59)65)48-34-35-62-60(40-48)51-16-12-13-25-61(51)67-62/h1-40H. The fourth-order valence-corrected chi connectivity index (χ4v) is 11.2. The number of fused-ring (bicyclic) bond motifs is 9. The van der Waals surface area contributed by atoms with Gasteiger partial charge in [0.05, 0.1) is 0 Å². The van der Waals surface area contributed by atoms with Crippen LogP contribution in [0.15, 0.2) is 247 Å². The van der Waals surface area contributed by atoms with Crippen molar-refractivity contribution < 1.29 is 4.42 Å². The van der Waals surface area contributed by atoms with Crippen molar-refractivity contribution >= 4 is 86.6 Å². The highest BCUT2D eigenvalue weighted by atomic mass is 16.3. The van der Waals surface area contributed by atoms with Crippen molar-refractivity contribution in [2.45, 2.75) is 0 Å². The molecule has 67 heavy (non-hydrogen) atoms. The van der Waals surface area contributed by atoms with Crippen molar-refractivity contribution in [3.8, 4) is 55.6 Å². The van der Waals surface area contributed by atoms with Gasteiger partial charge < -0.3 is 4.42 Å². The second-order valence-corrected chi connectivity index (χ2v) is 17.9. The Balaban J connectivity index is 0.897. The van der Waals surface area contributed by atoms with Crippen molar-refractivity contribution in [1.29, 1.82) is 0 Å². The third kappa shape index (κ3) is 5.95. The lowest BCUT2D eigenvalue weighted by Gasteiger charge is -2.18. The summed E-state index contributed by atoms with van der Waals surface area (Å²) in [4.78, 5) is 0. The number of para-hydroxylation sites is 1. The van der Waals surface area contributed by atoms with Crippen LogP contribution in [0.4, 0.5) is 0 Å². The molecule has 1 nitrogen and oxygen atoms in total. The molecule has 0 aliphatic rings. The third-order valence-corrected chi connectivity index (χ3v) is 14.2. The molecule has 0 fully saturated rings. The van der Waals surface area contributed by atoms with Crippen molar-refractivity contribution in [2.24, 2.45) is 0 Å².